The summed E-state index contributed by atoms with van der Waals surface area (Å²) < 4.78 is 8.15. The number of halogens is 1. The maximum absolute atomic E-state index is 6.16. The number of hydrogen-bond donors (Lipinski definition) is 2. The smallest absolute Gasteiger partial charge is 0.226 e. The van der Waals surface area contributed by atoms with E-state index in [1.54, 1.807) is 12.5 Å². The molecule has 1 fully saturated rings. The Morgan fingerprint density at radius 3 is 2.78 bits per heavy atom. The van der Waals surface area contributed by atoms with E-state index in [9.17, 15) is 0 Å². The Kier molecular flexibility index (Phi) is 6.77. The normalized spacial score (nSPS) is 15.5. The highest BCUT2D eigenvalue weighted by molar-refractivity contribution is 5.87. The SMILES string of the molecule is Cc1cc(Nc2ncnc3cnc(N4CCNC(C)C4)nc23)ccc1Oc1ccc2c(c1)ncn2C.Cl. The molecule has 0 bridgehead atoms. The van der Waals surface area contributed by atoms with Crippen molar-refractivity contribution in [3.63, 3.8) is 0 Å². The Morgan fingerprint density at radius 1 is 1.05 bits per heavy atom. The van der Waals surface area contributed by atoms with Gasteiger partial charge >= 0.3 is 0 Å². The van der Waals surface area contributed by atoms with Crippen LogP contribution < -0.4 is 20.3 Å². The van der Waals surface area contributed by atoms with Crippen LogP contribution in [0.4, 0.5) is 17.5 Å². The molecule has 0 amide bonds. The third kappa shape index (κ3) is 4.98. The minimum absolute atomic E-state index is 0. The van der Waals surface area contributed by atoms with Crippen LogP contribution in [0.25, 0.3) is 22.1 Å². The number of aromatic nitrogens is 6. The summed E-state index contributed by atoms with van der Waals surface area (Å²) in [6.07, 6.45) is 5.09. The summed E-state index contributed by atoms with van der Waals surface area (Å²) in [4.78, 5) is 24.8. The van der Waals surface area contributed by atoms with E-state index < -0.39 is 0 Å². The van der Waals surface area contributed by atoms with Gasteiger partial charge in [-0.15, -0.1) is 12.4 Å². The van der Waals surface area contributed by atoms with Gasteiger partial charge in [-0.05, 0) is 49.7 Å². The molecular weight excluding hydrogens is 490 g/mol. The van der Waals surface area contributed by atoms with Crippen molar-refractivity contribution in [3.8, 4) is 11.5 Å². The molecule has 3 aromatic heterocycles. The number of imidazole rings is 1. The second-order valence-electron chi connectivity index (χ2n) is 9.14. The van der Waals surface area contributed by atoms with Gasteiger partial charge in [-0.3, -0.25) is 0 Å². The van der Waals surface area contributed by atoms with Crippen LogP contribution in [0.3, 0.4) is 0 Å². The first-order chi connectivity index (χ1) is 17.5. The zero-order valence-electron chi connectivity index (χ0n) is 20.8. The van der Waals surface area contributed by atoms with E-state index >= 15 is 0 Å². The van der Waals surface area contributed by atoms with E-state index in [0.29, 0.717) is 28.8 Å². The van der Waals surface area contributed by atoms with Crippen LogP contribution in [-0.2, 0) is 7.05 Å². The Bertz CT molecular complexity index is 1570. The van der Waals surface area contributed by atoms with Gasteiger partial charge in [-0.25, -0.2) is 24.9 Å². The molecule has 4 heterocycles. The van der Waals surface area contributed by atoms with Gasteiger partial charge in [0.15, 0.2) is 5.82 Å². The molecule has 1 aliphatic heterocycles. The quantitative estimate of drug-likeness (QED) is 0.351. The Labute approximate surface area is 220 Å². The topological polar surface area (TPSA) is 106 Å². The zero-order valence-corrected chi connectivity index (χ0v) is 21.7. The number of piperazine rings is 1. The molecule has 0 spiro atoms. The molecule has 5 aromatic rings. The van der Waals surface area contributed by atoms with Crippen molar-refractivity contribution < 1.29 is 4.74 Å². The Hall–Kier alpha value is -4.02. The number of aryl methyl sites for hydroxylation is 2. The molecule has 1 aliphatic rings. The second kappa shape index (κ2) is 10.2. The van der Waals surface area contributed by atoms with Gasteiger partial charge in [-0.2, -0.15) is 0 Å². The average molecular weight is 518 g/mol. The lowest BCUT2D eigenvalue weighted by Gasteiger charge is -2.31. The number of ether oxygens (including phenoxy) is 1. The number of benzene rings is 2. The molecule has 6 rings (SSSR count). The predicted molar refractivity (Wildman–Crippen MR) is 147 cm³/mol. The largest absolute Gasteiger partial charge is 0.457 e. The van der Waals surface area contributed by atoms with Gasteiger partial charge in [0, 0.05) is 44.5 Å². The summed E-state index contributed by atoms with van der Waals surface area (Å²) in [5.74, 6) is 2.86. The van der Waals surface area contributed by atoms with E-state index in [0.717, 1.165) is 53.4 Å². The number of nitrogens with zero attached hydrogens (tertiary/aromatic N) is 7. The predicted octanol–water partition coefficient (Wildman–Crippen LogP) is 4.37. The lowest BCUT2D eigenvalue weighted by molar-refractivity contribution is 0.479. The standard InChI is InChI=1S/C26H27N9O.ClH/c1-16-10-18(4-7-23(16)36-19-5-6-22-20(11-19)31-15-34(22)3)32-25-24-21(29-14-30-25)12-28-26(33-24)35-9-8-27-17(2)13-35;/h4-7,10-12,14-15,17,27H,8-9,13H2,1-3H3,(H,29,30,32);1H. The van der Waals surface area contributed by atoms with Gasteiger partial charge in [0.25, 0.3) is 0 Å². The van der Waals surface area contributed by atoms with E-state index in [1.165, 1.54) is 6.33 Å². The van der Waals surface area contributed by atoms with E-state index in [2.05, 4.69) is 42.4 Å². The van der Waals surface area contributed by atoms with Gasteiger partial charge in [0.05, 0.1) is 23.6 Å². The molecule has 190 valence electrons. The molecule has 0 aliphatic carbocycles. The summed E-state index contributed by atoms with van der Waals surface area (Å²) in [6.45, 7) is 6.80. The van der Waals surface area contributed by atoms with Crippen LogP contribution in [0.1, 0.15) is 12.5 Å². The molecule has 1 saturated heterocycles. The fourth-order valence-electron chi connectivity index (χ4n) is 4.49. The third-order valence-electron chi connectivity index (χ3n) is 6.38. The highest BCUT2D eigenvalue weighted by atomic mass is 35.5. The molecule has 10 nitrogen and oxygen atoms in total. The fraction of sp³-hybridized carbons (Fsp3) is 0.269. The van der Waals surface area contributed by atoms with E-state index in [4.69, 9.17) is 9.72 Å². The lowest BCUT2D eigenvalue weighted by atomic mass is 10.2. The van der Waals surface area contributed by atoms with Crippen LogP contribution in [0.5, 0.6) is 11.5 Å². The molecule has 0 saturated carbocycles. The minimum Gasteiger partial charge on any atom is -0.457 e. The average Bonchev–Trinajstić information content (AvgIpc) is 3.25. The van der Waals surface area contributed by atoms with Crippen LogP contribution in [0.2, 0.25) is 0 Å². The zero-order chi connectivity index (χ0) is 24.6. The Morgan fingerprint density at radius 2 is 1.95 bits per heavy atom. The second-order valence-corrected chi connectivity index (χ2v) is 9.14. The summed E-state index contributed by atoms with van der Waals surface area (Å²) in [5.41, 5.74) is 5.23. The van der Waals surface area contributed by atoms with Crippen molar-refractivity contribution in [1.82, 2.24) is 34.8 Å². The first-order valence-electron chi connectivity index (χ1n) is 12.0. The van der Waals surface area contributed by atoms with Crippen molar-refractivity contribution in [3.05, 3.63) is 60.8 Å². The number of anilines is 3. The summed E-state index contributed by atoms with van der Waals surface area (Å²) in [7, 11) is 1.98. The molecular formula is C26H28ClN9O. The Balaban J connectivity index is 0.00000280. The first-order valence-corrected chi connectivity index (χ1v) is 12.0. The van der Waals surface area contributed by atoms with Gasteiger partial charge in [-0.1, -0.05) is 0 Å². The molecule has 1 unspecified atom stereocenters. The molecule has 1 atom stereocenters. The van der Waals surface area contributed by atoms with Crippen molar-refractivity contribution in [2.75, 3.05) is 29.9 Å². The van der Waals surface area contributed by atoms with E-state index in [-0.39, 0.29) is 12.4 Å². The van der Waals surface area contributed by atoms with E-state index in [1.807, 2.05) is 54.9 Å². The number of fused-ring (bicyclic) bond motifs is 2. The first kappa shape index (κ1) is 24.7. The number of nitrogens with one attached hydrogen (secondary N) is 2. The maximum atomic E-state index is 6.16. The third-order valence-corrected chi connectivity index (χ3v) is 6.38. The number of rotatable bonds is 5. The van der Waals surface area contributed by atoms with Gasteiger partial charge < -0.3 is 24.8 Å². The van der Waals surface area contributed by atoms with Crippen LogP contribution >= 0.6 is 12.4 Å². The molecule has 2 aromatic carbocycles. The van der Waals surface area contributed by atoms with Crippen molar-refractivity contribution in [1.29, 1.82) is 0 Å². The highest BCUT2D eigenvalue weighted by Crippen LogP contribution is 2.31. The summed E-state index contributed by atoms with van der Waals surface area (Å²) >= 11 is 0. The summed E-state index contributed by atoms with van der Waals surface area (Å²) in [5, 5.41) is 6.85. The lowest BCUT2D eigenvalue weighted by Crippen LogP contribution is -2.49. The summed E-state index contributed by atoms with van der Waals surface area (Å²) in [6, 6.07) is 12.3. The van der Waals surface area contributed by atoms with Crippen molar-refractivity contribution in [2.24, 2.45) is 7.05 Å². The van der Waals surface area contributed by atoms with Crippen LogP contribution in [0.15, 0.2) is 55.2 Å². The number of hydrogen-bond acceptors (Lipinski definition) is 9. The minimum atomic E-state index is 0. The fourth-order valence-corrected chi connectivity index (χ4v) is 4.49. The van der Waals surface area contributed by atoms with Crippen LogP contribution in [-0.4, -0.2) is 55.2 Å². The van der Waals surface area contributed by atoms with Crippen molar-refractivity contribution >= 4 is 51.9 Å². The molecule has 2 N–H and O–H groups in total. The highest BCUT2D eigenvalue weighted by Gasteiger charge is 2.19. The monoisotopic (exact) mass is 517 g/mol. The molecule has 0 radical (unpaired) electrons. The maximum Gasteiger partial charge on any atom is 0.226 e. The van der Waals surface area contributed by atoms with Crippen molar-refractivity contribution in [2.45, 2.75) is 19.9 Å². The van der Waals surface area contributed by atoms with Gasteiger partial charge in [0.2, 0.25) is 5.95 Å². The molecule has 37 heavy (non-hydrogen) atoms. The molecule has 11 heteroatoms. The van der Waals surface area contributed by atoms with Crippen LogP contribution in [0, 0.1) is 6.92 Å². The van der Waals surface area contributed by atoms with Gasteiger partial charge in [0.1, 0.15) is 28.9 Å².